The van der Waals surface area contributed by atoms with E-state index in [0.717, 1.165) is 54.3 Å². The Morgan fingerprint density at radius 3 is 2.33 bits per heavy atom. The Hall–Kier alpha value is -7.98. The molecule has 4 aromatic carbocycles. The number of Topliss-reactive ketones (excluding diaryl/α,β-unsaturated/α-hetero) is 2. The van der Waals surface area contributed by atoms with E-state index in [1.165, 1.54) is 5.39 Å². The molecule has 2 aromatic heterocycles. The molecule has 1 atom stereocenters. The normalized spacial score (nSPS) is 13.3. The lowest BCUT2D eigenvalue weighted by Gasteiger charge is -2.27. The second kappa shape index (κ2) is 25.4. The number of nitrogens with zero attached hydrogens (tertiary/aromatic N) is 3. The van der Waals surface area contributed by atoms with Crippen molar-refractivity contribution in [3.63, 3.8) is 0 Å². The van der Waals surface area contributed by atoms with Gasteiger partial charge in [-0.2, -0.15) is 0 Å². The number of benzene rings is 4. The Bertz CT molecular complexity index is 3070. The summed E-state index contributed by atoms with van der Waals surface area (Å²) in [6, 6.07) is 31.3. The second-order valence-electron chi connectivity index (χ2n) is 18.3. The van der Waals surface area contributed by atoms with E-state index in [-0.39, 0.29) is 56.1 Å². The molecular formula is C57H62N7O8S+. The fourth-order valence-corrected chi connectivity index (χ4v) is 9.79. The van der Waals surface area contributed by atoms with Gasteiger partial charge in [-0.3, -0.25) is 28.8 Å². The summed E-state index contributed by atoms with van der Waals surface area (Å²) in [6.07, 6.45) is 11.6. The van der Waals surface area contributed by atoms with Gasteiger partial charge in [0, 0.05) is 106 Å². The van der Waals surface area contributed by atoms with Gasteiger partial charge in [-0.1, -0.05) is 60.7 Å². The number of aliphatic carboxylic acids is 2. The van der Waals surface area contributed by atoms with Crippen LogP contribution in [-0.4, -0.2) is 76.7 Å². The van der Waals surface area contributed by atoms with Gasteiger partial charge in [-0.05, 0) is 90.4 Å². The number of anilines is 1. The zero-order chi connectivity index (χ0) is 51.9. The monoisotopic (exact) mass is 1000 g/mol. The van der Waals surface area contributed by atoms with E-state index < -0.39 is 29.7 Å². The highest BCUT2D eigenvalue weighted by molar-refractivity contribution is 7.18. The predicted octanol–water partition coefficient (Wildman–Crippen LogP) is 6.99. The summed E-state index contributed by atoms with van der Waals surface area (Å²) < 4.78 is 3.09. The van der Waals surface area contributed by atoms with Crippen LogP contribution in [0.1, 0.15) is 71.3 Å². The van der Waals surface area contributed by atoms with Gasteiger partial charge in [0.15, 0.2) is 12.1 Å². The predicted molar refractivity (Wildman–Crippen MR) is 284 cm³/mol. The van der Waals surface area contributed by atoms with Crippen molar-refractivity contribution in [3.8, 4) is 0 Å². The summed E-state index contributed by atoms with van der Waals surface area (Å²) in [6.45, 7) is 3.41. The molecule has 6 aromatic rings. The smallest absolute Gasteiger partial charge is 0.318 e. The van der Waals surface area contributed by atoms with Crippen molar-refractivity contribution >= 4 is 85.1 Å². The first-order valence-electron chi connectivity index (χ1n) is 24.5. The van der Waals surface area contributed by atoms with Crippen molar-refractivity contribution in [2.45, 2.75) is 64.7 Å². The average molecular weight is 1010 g/mol. The van der Waals surface area contributed by atoms with E-state index in [1.54, 1.807) is 41.8 Å². The summed E-state index contributed by atoms with van der Waals surface area (Å²) >= 11 is 1.54. The molecule has 1 aliphatic heterocycles. The molecule has 0 radical (unpaired) electrons. The maximum atomic E-state index is 13.6. The number of nitrogens with one attached hydrogen (secondary N) is 3. The second-order valence-corrected chi connectivity index (χ2v) is 19.6. The molecular weight excluding hydrogens is 943 g/mol. The number of thiazole rings is 1. The maximum Gasteiger partial charge on any atom is 0.318 e. The molecule has 1 aliphatic rings. The van der Waals surface area contributed by atoms with Crippen molar-refractivity contribution in [2.24, 2.45) is 24.6 Å². The third-order valence-corrected chi connectivity index (χ3v) is 13.7. The fourth-order valence-electron chi connectivity index (χ4n) is 8.90. The third-order valence-electron chi connectivity index (χ3n) is 12.8. The van der Waals surface area contributed by atoms with E-state index in [1.807, 2.05) is 56.6 Å². The number of rotatable bonds is 26. The molecule has 0 fully saturated rings. The van der Waals surface area contributed by atoms with Crippen LogP contribution in [0, 0.1) is 18.8 Å². The minimum atomic E-state index is -1.54. The van der Waals surface area contributed by atoms with Crippen molar-refractivity contribution in [2.75, 3.05) is 31.1 Å². The van der Waals surface area contributed by atoms with Crippen molar-refractivity contribution in [3.05, 3.63) is 160 Å². The first-order chi connectivity index (χ1) is 35.2. The molecule has 378 valence electrons. The van der Waals surface area contributed by atoms with E-state index >= 15 is 0 Å². The van der Waals surface area contributed by atoms with Crippen LogP contribution in [-0.2, 0) is 55.1 Å². The summed E-state index contributed by atoms with van der Waals surface area (Å²) in [5.74, 6) is -6.04. The number of ketones is 2. The van der Waals surface area contributed by atoms with Gasteiger partial charge in [-0.15, -0.1) is 11.3 Å². The lowest BCUT2D eigenvalue weighted by Crippen LogP contribution is -2.35. The summed E-state index contributed by atoms with van der Waals surface area (Å²) in [7, 11) is 2.04. The molecule has 73 heavy (non-hydrogen) atoms. The highest BCUT2D eigenvalue weighted by atomic mass is 32.1. The van der Waals surface area contributed by atoms with Crippen LogP contribution in [0.2, 0.25) is 0 Å². The Kier molecular flexibility index (Phi) is 18.4. The Balaban J connectivity index is 0.847. The number of hydrogen-bond donors (Lipinski definition) is 6. The Morgan fingerprint density at radius 1 is 0.808 bits per heavy atom. The van der Waals surface area contributed by atoms with Gasteiger partial charge in [0.25, 0.3) is 0 Å². The molecule has 1 unspecified atom stereocenters. The van der Waals surface area contributed by atoms with Crippen LogP contribution in [0.15, 0.2) is 127 Å². The van der Waals surface area contributed by atoms with Gasteiger partial charge in [-0.25, -0.2) is 9.55 Å². The molecule has 2 amide bonds. The van der Waals surface area contributed by atoms with Crippen LogP contribution >= 0.6 is 11.3 Å². The quantitative estimate of drug-likeness (QED) is 0.0184. The molecule has 3 heterocycles. The largest absolute Gasteiger partial charge is 0.481 e. The molecule has 16 heteroatoms. The number of nitrogens with two attached hydrogens (primary N) is 1. The zero-order valence-corrected chi connectivity index (χ0v) is 42.0. The van der Waals surface area contributed by atoms with E-state index in [2.05, 4.69) is 85.1 Å². The lowest BCUT2D eigenvalue weighted by molar-refractivity contribution is -0.644. The third kappa shape index (κ3) is 15.0. The van der Waals surface area contributed by atoms with Gasteiger partial charge in [0.05, 0.1) is 26.5 Å². The van der Waals surface area contributed by atoms with Gasteiger partial charge in [0.2, 0.25) is 17.3 Å². The molecule has 15 nitrogen and oxygen atoms in total. The number of allylic oxidation sites excluding steroid dienone is 2. The van der Waals surface area contributed by atoms with Gasteiger partial charge >= 0.3 is 11.9 Å². The van der Waals surface area contributed by atoms with Crippen molar-refractivity contribution in [1.82, 2.24) is 20.9 Å². The number of carbonyl (C=O) groups is 6. The number of hydrogen-bond acceptors (Lipinski definition) is 11. The summed E-state index contributed by atoms with van der Waals surface area (Å²) in [5, 5.41) is 29.5. The number of carbonyl (C=O) groups excluding carboxylic acids is 4. The van der Waals surface area contributed by atoms with E-state index in [9.17, 15) is 39.0 Å². The van der Waals surface area contributed by atoms with Crippen LogP contribution in [0.5, 0.6) is 0 Å². The summed E-state index contributed by atoms with van der Waals surface area (Å²) in [4.78, 5) is 82.4. The number of carboxylic acids is 2. The highest BCUT2D eigenvalue weighted by Crippen LogP contribution is 2.35. The standard InChI is InChI=1S/C57H61N7O8S/c1-37-62-50-19-18-40(32-53(50)73-37)30-46(66)35-43(34-45(65)9-7-8-38-14-16-39(17-15-38)31-49(56(69)70)57(71)72)55(68)61-24-20-44(58)36-59-25-26-60-54(67)23-29-64-28-22-42(48-11-4-6-13-52(48)64)33-41-21-27-63(2)51-12-5-3-10-47(41)51/h3-6,10-19,21-22,27-28,32-33,36,43,49,59H,7-9,20,23-26,29-31,34-35,58H2,1-2H3,(H3-,60,61,67,68,69,70,71,72)/p+1/b44-36-. The molecule has 0 bridgehead atoms. The number of aromatic nitrogens is 2. The van der Waals surface area contributed by atoms with E-state index in [0.29, 0.717) is 56.6 Å². The Morgan fingerprint density at radius 2 is 1.53 bits per heavy atom. The van der Waals surface area contributed by atoms with Gasteiger partial charge in [0.1, 0.15) is 18.6 Å². The van der Waals surface area contributed by atoms with E-state index in [4.69, 9.17) is 5.73 Å². The maximum absolute atomic E-state index is 13.6. The molecule has 0 saturated carbocycles. The van der Waals surface area contributed by atoms with Crippen molar-refractivity contribution in [1.29, 1.82) is 0 Å². The molecule has 0 saturated heterocycles. The lowest BCUT2D eigenvalue weighted by atomic mass is 9.91. The topological polar surface area (TPSA) is 225 Å². The molecule has 7 rings (SSSR count). The molecule has 0 spiro atoms. The zero-order valence-electron chi connectivity index (χ0n) is 41.1. The number of fused-ring (bicyclic) bond motifs is 3. The number of carboxylic acid groups (broad SMARTS) is 2. The van der Waals surface area contributed by atoms with Crippen LogP contribution in [0.25, 0.3) is 32.8 Å². The number of pyridine rings is 1. The first-order valence-corrected chi connectivity index (χ1v) is 25.3. The fraction of sp³-hybridized carbons (Fsp3) is 0.298. The van der Waals surface area contributed by atoms with Crippen LogP contribution in [0.4, 0.5) is 5.69 Å². The highest BCUT2D eigenvalue weighted by Gasteiger charge is 2.27. The minimum Gasteiger partial charge on any atom is -0.481 e. The average Bonchev–Trinajstić information content (AvgIpc) is 3.75. The van der Waals surface area contributed by atoms with Crippen LogP contribution < -0.4 is 31.2 Å². The number of aryl methyl sites for hydroxylation is 3. The van der Waals surface area contributed by atoms with Gasteiger partial charge < -0.3 is 36.8 Å². The number of amides is 2. The molecule has 0 aliphatic carbocycles. The van der Waals surface area contributed by atoms with Crippen molar-refractivity contribution < 1.29 is 43.5 Å². The summed E-state index contributed by atoms with van der Waals surface area (Å²) in [5.41, 5.74) is 15.4. The van der Waals surface area contributed by atoms with Crippen LogP contribution in [0.3, 0.4) is 0 Å². The SMILES string of the molecule is Cc1nc2ccc(CC(=O)CC(CC(=O)CCCc3ccc(CC(C(=O)O)C(=O)O)cc3)C(=O)NCC/C(N)=C/NCCNC(=O)CCN3C=CC(=Cc4cc[n+](C)c5ccccc45)c4ccccc43)cc2s1. The Labute approximate surface area is 428 Å². The first kappa shape index (κ1) is 52.8. The molecule has 7 N–H and O–H groups in total. The minimum absolute atomic E-state index is 0.0838. The number of para-hydroxylation sites is 2.